The minimum atomic E-state index is -0.175. The second-order valence-electron chi connectivity index (χ2n) is 5.92. The lowest BCUT2D eigenvalue weighted by atomic mass is 10.1. The SMILES string of the molecule is CCc1ccccc1Nc1cncc(C(=O)Nc2cccc(C)c2)c1. The van der Waals surface area contributed by atoms with E-state index < -0.39 is 0 Å². The topological polar surface area (TPSA) is 54.0 Å². The lowest BCUT2D eigenvalue weighted by molar-refractivity contribution is 0.102. The van der Waals surface area contributed by atoms with Gasteiger partial charge < -0.3 is 10.6 Å². The minimum Gasteiger partial charge on any atom is -0.354 e. The van der Waals surface area contributed by atoms with E-state index in [1.54, 1.807) is 12.4 Å². The zero-order valence-electron chi connectivity index (χ0n) is 14.4. The summed E-state index contributed by atoms with van der Waals surface area (Å²) in [6.45, 7) is 4.11. The van der Waals surface area contributed by atoms with Gasteiger partial charge in [0.2, 0.25) is 0 Å². The summed E-state index contributed by atoms with van der Waals surface area (Å²) < 4.78 is 0. The predicted molar refractivity (Wildman–Crippen MR) is 102 cm³/mol. The number of para-hydroxylation sites is 1. The molecule has 0 aliphatic carbocycles. The molecule has 0 aliphatic rings. The summed E-state index contributed by atoms with van der Waals surface area (Å²) in [7, 11) is 0. The predicted octanol–water partition coefficient (Wildman–Crippen LogP) is 4.95. The molecule has 25 heavy (non-hydrogen) atoms. The van der Waals surface area contributed by atoms with Crippen LogP contribution in [0.25, 0.3) is 0 Å². The molecular weight excluding hydrogens is 310 g/mol. The van der Waals surface area contributed by atoms with Crippen LogP contribution in [0.15, 0.2) is 67.0 Å². The third kappa shape index (κ3) is 4.23. The zero-order valence-corrected chi connectivity index (χ0v) is 14.4. The van der Waals surface area contributed by atoms with Gasteiger partial charge in [-0.2, -0.15) is 0 Å². The fourth-order valence-electron chi connectivity index (χ4n) is 2.66. The lowest BCUT2D eigenvalue weighted by Crippen LogP contribution is -2.12. The van der Waals surface area contributed by atoms with Crippen LogP contribution in [0.3, 0.4) is 0 Å². The van der Waals surface area contributed by atoms with Crippen LogP contribution in [0.5, 0.6) is 0 Å². The average Bonchev–Trinajstić information content (AvgIpc) is 2.62. The van der Waals surface area contributed by atoms with E-state index in [9.17, 15) is 4.79 Å². The van der Waals surface area contributed by atoms with Crippen LogP contribution >= 0.6 is 0 Å². The summed E-state index contributed by atoms with van der Waals surface area (Å²) in [5, 5.41) is 6.26. The van der Waals surface area contributed by atoms with Crippen molar-refractivity contribution in [1.82, 2.24) is 4.98 Å². The minimum absolute atomic E-state index is 0.175. The second-order valence-corrected chi connectivity index (χ2v) is 5.92. The average molecular weight is 331 g/mol. The number of anilines is 3. The van der Waals surface area contributed by atoms with Gasteiger partial charge in [-0.25, -0.2) is 0 Å². The van der Waals surface area contributed by atoms with Crippen LogP contribution in [0.4, 0.5) is 17.1 Å². The molecule has 0 spiro atoms. The first-order chi connectivity index (χ1) is 12.2. The van der Waals surface area contributed by atoms with Gasteiger partial charge in [-0.1, -0.05) is 37.3 Å². The van der Waals surface area contributed by atoms with Gasteiger partial charge >= 0.3 is 0 Å². The fourth-order valence-corrected chi connectivity index (χ4v) is 2.66. The summed E-state index contributed by atoms with van der Waals surface area (Å²) in [5.41, 5.74) is 5.43. The van der Waals surface area contributed by atoms with Crippen molar-refractivity contribution in [3.63, 3.8) is 0 Å². The molecule has 2 N–H and O–H groups in total. The first-order valence-corrected chi connectivity index (χ1v) is 8.33. The highest BCUT2D eigenvalue weighted by Gasteiger charge is 2.08. The Labute approximate surface area is 147 Å². The molecule has 0 saturated heterocycles. The quantitative estimate of drug-likeness (QED) is 0.695. The van der Waals surface area contributed by atoms with Crippen molar-refractivity contribution in [1.29, 1.82) is 0 Å². The van der Waals surface area contributed by atoms with Crippen molar-refractivity contribution in [2.45, 2.75) is 20.3 Å². The van der Waals surface area contributed by atoms with Crippen LogP contribution in [-0.4, -0.2) is 10.9 Å². The smallest absolute Gasteiger partial charge is 0.257 e. The van der Waals surface area contributed by atoms with Crippen molar-refractivity contribution in [3.8, 4) is 0 Å². The van der Waals surface area contributed by atoms with Crippen molar-refractivity contribution in [2.75, 3.05) is 10.6 Å². The molecule has 3 rings (SSSR count). The molecule has 0 fully saturated rings. The molecule has 3 aromatic rings. The van der Waals surface area contributed by atoms with Crippen molar-refractivity contribution < 1.29 is 4.79 Å². The van der Waals surface area contributed by atoms with Gasteiger partial charge in [0.25, 0.3) is 5.91 Å². The Balaban J connectivity index is 1.78. The molecule has 0 radical (unpaired) electrons. The molecule has 0 saturated carbocycles. The standard InChI is InChI=1S/C21H21N3O/c1-3-16-8-4-5-10-20(16)23-19-12-17(13-22-14-19)21(25)24-18-9-6-7-15(2)11-18/h4-14,23H,3H2,1-2H3,(H,24,25). The van der Waals surface area contributed by atoms with Gasteiger partial charge in [0.05, 0.1) is 17.4 Å². The van der Waals surface area contributed by atoms with Crippen LogP contribution < -0.4 is 10.6 Å². The normalized spacial score (nSPS) is 10.3. The summed E-state index contributed by atoms with van der Waals surface area (Å²) >= 11 is 0. The Morgan fingerprint density at radius 1 is 1.00 bits per heavy atom. The molecule has 0 atom stereocenters. The zero-order chi connectivity index (χ0) is 17.6. The van der Waals surface area contributed by atoms with E-state index in [1.165, 1.54) is 5.56 Å². The Hall–Kier alpha value is -3.14. The molecule has 2 aromatic carbocycles. The Bertz CT molecular complexity index is 890. The number of hydrogen-bond acceptors (Lipinski definition) is 3. The molecule has 1 aromatic heterocycles. The van der Waals surface area contributed by atoms with E-state index >= 15 is 0 Å². The number of nitrogens with one attached hydrogen (secondary N) is 2. The number of amides is 1. The largest absolute Gasteiger partial charge is 0.354 e. The number of aryl methyl sites for hydroxylation is 2. The molecule has 1 amide bonds. The highest BCUT2D eigenvalue weighted by Crippen LogP contribution is 2.21. The van der Waals surface area contributed by atoms with Crippen molar-refractivity contribution in [3.05, 3.63) is 83.7 Å². The number of pyridine rings is 1. The molecule has 0 bridgehead atoms. The Morgan fingerprint density at radius 3 is 2.64 bits per heavy atom. The van der Waals surface area contributed by atoms with Crippen LogP contribution in [0.1, 0.15) is 28.4 Å². The summed E-state index contributed by atoms with van der Waals surface area (Å²) in [6, 6.07) is 17.7. The number of aromatic nitrogens is 1. The molecule has 0 unspecified atom stereocenters. The van der Waals surface area contributed by atoms with Gasteiger partial charge in [-0.05, 0) is 48.7 Å². The maximum atomic E-state index is 12.5. The molecule has 126 valence electrons. The number of nitrogens with zero attached hydrogens (tertiary/aromatic N) is 1. The summed E-state index contributed by atoms with van der Waals surface area (Å²) in [4.78, 5) is 16.7. The number of carbonyl (C=O) groups excluding carboxylic acids is 1. The van der Waals surface area contributed by atoms with E-state index in [0.29, 0.717) is 5.56 Å². The van der Waals surface area contributed by atoms with E-state index in [1.807, 2.05) is 55.5 Å². The number of hydrogen-bond donors (Lipinski definition) is 2. The number of benzene rings is 2. The monoisotopic (exact) mass is 331 g/mol. The van der Waals surface area contributed by atoms with E-state index in [-0.39, 0.29) is 5.91 Å². The van der Waals surface area contributed by atoms with Crippen LogP contribution in [0.2, 0.25) is 0 Å². The molecule has 4 nitrogen and oxygen atoms in total. The van der Waals surface area contributed by atoms with Crippen molar-refractivity contribution in [2.24, 2.45) is 0 Å². The highest BCUT2D eigenvalue weighted by molar-refractivity contribution is 6.04. The molecule has 1 heterocycles. The first kappa shape index (κ1) is 16.7. The fraction of sp³-hybridized carbons (Fsp3) is 0.143. The molecule has 0 aliphatic heterocycles. The maximum absolute atomic E-state index is 12.5. The summed E-state index contributed by atoms with van der Waals surface area (Å²) in [6.07, 6.45) is 4.22. The van der Waals surface area contributed by atoms with E-state index in [4.69, 9.17) is 0 Å². The van der Waals surface area contributed by atoms with Gasteiger partial charge in [0, 0.05) is 17.6 Å². The highest BCUT2D eigenvalue weighted by atomic mass is 16.1. The molecule has 4 heteroatoms. The maximum Gasteiger partial charge on any atom is 0.257 e. The van der Waals surface area contributed by atoms with Gasteiger partial charge in [-0.15, -0.1) is 0 Å². The number of rotatable bonds is 5. The van der Waals surface area contributed by atoms with Gasteiger partial charge in [0.1, 0.15) is 0 Å². The lowest BCUT2D eigenvalue weighted by Gasteiger charge is -2.12. The van der Waals surface area contributed by atoms with E-state index in [2.05, 4.69) is 28.6 Å². The van der Waals surface area contributed by atoms with Crippen LogP contribution in [-0.2, 0) is 6.42 Å². The Morgan fingerprint density at radius 2 is 1.84 bits per heavy atom. The van der Waals surface area contributed by atoms with Crippen molar-refractivity contribution >= 4 is 23.0 Å². The summed E-state index contributed by atoms with van der Waals surface area (Å²) in [5.74, 6) is -0.175. The van der Waals surface area contributed by atoms with Crippen LogP contribution in [0, 0.1) is 6.92 Å². The third-order valence-electron chi connectivity index (χ3n) is 3.95. The number of carbonyl (C=O) groups is 1. The third-order valence-corrected chi connectivity index (χ3v) is 3.95. The van der Waals surface area contributed by atoms with Gasteiger partial charge in [-0.3, -0.25) is 9.78 Å². The van der Waals surface area contributed by atoms with Gasteiger partial charge in [0.15, 0.2) is 0 Å². The van der Waals surface area contributed by atoms with E-state index in [0.717, 1.165) is 29.0 Å². The first-order valence-electron chi connectivity index (χ1n) is 8.33. The second kappa shape index (κ2) is 7.62. The molecular formula is C21H21N3O. The Kier molecular flexibility index (Phi) is 5.09.